The molecule has 3 rings (SSSR count). The fraction of sp³-hybridized carbons (Fsp3) is 0.333. The molecule has 0 unspecified atom stereocenters. The third-order valence-corrected chi connectivity index (χ3v) is 3.75. The number of nitrogens with zero attached hydrogens (tertiary/aromatic N) is 3. The summed E-state index contributed by atoms with van der Waals surface area (Å²) < 4.78 is 2.02. The molecule has 1 amide bonds. The molecule has 0 spiro atoms. The molecule has 20 heavy (non-hydrogen) atoms. The van der Waals surface area contributed by atoms with Gasteiger partial charge in [0, 0.05) is 31.3 Å². The minimum absolute atomic E-state index is 0.00315. The van der Waals surface area contributed by atoms with E-state index in [1.807, 2.05) is 22.6 Å². The fourth-order valence-electron chi connectivity index (χ4n) is 2.62. The lowest BCUT2D eigenvalue weighted by Gasteiger charge is -2.27. The van der Waals surface area contributed by atoms with Gasteiger partial charge in [0.15, 0.2) is 0 Å². The summed E-state index contributed by atoms with van der Waals surface area (Å²) in [6.07, 6.45) is 2.63. The summed E-state index contributed by atoms with van der Waals surface area (Å²) in [5.41, 5.74) is 3.56. The molecule has 0 aliphatic carbocycles. The van der Waals surface area contributed by atoms with E-state index < -0.39 is 0 Å². The number of aliphatic hydroxyl groups is 1. The molecule has 5 nitrogen and oxygen atoms in total. The second-order valence-corrected chi connectivity index (χ2v) is 5.08. The molecule has 5 heteroatoms. The van der Waals surface area contributed by atoms with Crippen LogP contribution in [0.3, 0.4) is 0 Å². The smallest absolute Gasteiger partial charge is 0.254 e. The molecule has 1 N–H and O–H groups in total. The molecule has 0 saturated heterocycles. The first-order chi connectivity index (χ1) is 9.69. The predicted octanol–water partition coefficient (Wildman–Crippen LogP) is 1.11. The lowest BCUT2D eigenvalue weighted by Crippen LogP contribution is -2.36. The van der Waals surface area contributed by atoms with Crippen molar-refractivity contribution in [3.05, 3.63) is 53.1 Å². The number of hydrogen-bond acceptors (Lipinski definition) is 3. The van der Waals surface area contributed by atoms with Crippen molar-refractivity contribution in [2.24, 2.45) is 7.05 Å². The highest BCUT2D eigenvalue weighted by Gasteiger charge is 2.24. The van der Waals surface area contributed by atoms with Gasteiger partial charge >= 0.3 is 0 Å². The van der Waals surface area contributed by atoms with Crippen molar-refractivity contribution in [2.45, 2.75) is 19.6 Å². The first kappa shape index (κ1) is 12.9. The molecular formula is C15H17N3O2. The number of amides is 1. The second kappa shape index (κ2) is 5.09. The number of aliphatic hydroxyl groups excluding tert-OH is 1. The van der Waals surface area contributed by atoms with Crippen LogP contribution in [0.4, 0.5) is 0 Å². The van der Waals surface area contributed by atoms with Crippen LogP contribution in [0.25, 0.3) is 0 Å². The van der Waals surface area contributed by atoms with Gasteiger partial charge in [0.2, 0.25) is 0 Å². The summed E-state index contributed by atoms with van der Waals surface area (Å²) in [6.45, 7) is 1.21. The van der Waals surface area contributed by atoms with Crippen LogP contribution >= 0.6 is 0 Å². The molecule has 1 aliphatic heterocycles. The van der Waals surface area contributed by atoms with Gasteiger partial charge in [0.05, 0.1) is 25.2 Å². The van der Waals surface area contributed by atoms with Crippen LogP contribution in [0.5, 0.6) is 0 Å². The molecule has 0 atom stereocenters. The van der Waals surface area contributed by atoms with Crippen LogP contribution in [0.1, 0.15) is 27.3 Å². The molecule has 104 valence electrons. The number of fused-ring (bicyclic) bond motifs is 1. The van der Waals surface area contributed by atoms with E-state index >= 15 is 0 Å². The Balaban J connectivity index is 1.82. The van der Waals surface area contributed by atoms with Crippen molar-refractivity contribution >= 4 is 5.91 Å². The van der Waals surface area contributed by atoms with Gasteiger partial charge in [-0.2, -0.15) is 0 Å². The first-order valence-corrected chi connectivity index (χ1v) is 6.67. The third-order valence-electron chi connectivity index (χ3n) is 3.75. The molecule has 0 fully saturated rings. The minimum atomic E-state index is -0.0501. The van der Waals surface area contributed by atoms with Crippen molar-refractivity contribution in [1.29, 1.82) is 0 Å². The van der Waals surface area contributed by atoms with E-state index in [-0.39, 0.29) is 12.5 Å². The number of benzene rings is 1. The SMILES string of the molecule is Cn1cnc2c1CCN(C(=O)c1cccc(CO)c1)C2. The number of carbonyl (C=O) groups is 1. The normalized spacial score (nSPS) is 14.2. The zero-order valence-corrected chi connectivity index (χ0v) is 11.4. The fourth-order valence-corrected chi connectivity index (χ4v) is 2.62. The molecule has 1 aliphatic rings. The number of hydrogen-bond donors (Lipinski definition) is 1. The van der Waals surface area contributed by atoms with Crippen molar-refractivity contribution in [2.75, 3.05) is 6.54 Å². The summed E-state index contributed by atoms with van der Waals surface area (Å²) in [5, 5.41) is 9.15. The Bertz CT molecular complexity index is 648. The maximum absolute atomic E-state index is 12.5. The molecule has 0 bridgehead atoms. The van der Waals surface area contributed by atoms with Crippen LogP contribution in [0.2, 0.25) is 0 Å². The van der Waals surface area contributed by atoms with Crippen molar-refractivity contribution < 1.29 is 9.90 Å². The van der Waals surface area contributed by atoms with E-state index in [0.717, 1.165) is 17.7 Å². The average molecular weight is 271 g/mol. The number of carbonyl (C=O) groups excluding carboxylic acids is 1. The Kier molecular flexibility index (Phi) is 3.28. The van der Waals surface area contributed by atoms with Crippen molar-refractivity contribution in [3.63, 3.8) is 0 Å². The van der Waals surface area contributed by atoms with Gasteiger partial charge in [-0.3, -0.25) is 4.79 Å². The van der Waals surface area contributed by atoms with E-state index in [9.17, 15) is 4.79 Å². The topological polar surface area (TPSA) is 58.4 Å². The van der Waals surface area contributed by atoms with Crippen LogP contribution in [0, 0.1) is 0 Å². The summed E-state index contributed by atoms with van der Waals surface area (Å²) in [7, 11) is 1.98. The second-order valence-electron chi connectivity index (χ2n) is 5.08. The number of aromatic nitrogens is 2. The molecule has 0 saturated carbocycles. The molecular weight excluding hydrogens is 254 g/mol. The maximum atomic E-state index is 12.5. The van der Waals surface area contributed by atoms with Gasteiger partial charge in [0.25, 0.3) is 5.91 Å². The highest BCUT2D eigenvalue weighted by molar-refractivity contribution is 5.94. The maximum Gasteiger partial charge on any atom is 0.254 e. The average Bonchev–Trinajstić information content (AvgIpc) is 2.87. The minimum Gasteiger partial charge on any atom is -0.392 e. The Morgan fingerprint density at radius 3 is 3.10 bits per heavy atom. The van der Waals surface area contributed by atoms with Crippen LogP contribution in [0.15, 0.2) is 30.6 Å². The van der Waals surface area contributed by atoms with E-state index in [1.165, 1.54) is 5.69 Å². The number of aryl methyl sites for hydroxylation is 1. The molecule has 2 heterocycles. The quantitative estimate of drug-likeness (QED) is 0.890. The Labute approximate surface area is 117 Å². The van der Waals surface area contributed by atoms with Gasteiger partial charge in [-0.15, -0.1) is 0 Å². The van der Waals surface area contributed by atoms with Gasteiger partial charge in [-0.05, 0) is 17.7 Å². The standard InChI is InChI=1S/C15H17N3O2/c1-17-10-16-13-8-18(6-5-14(13)17)15(20)12-4-2-3-11(7-12)9-19/h2-4,7,10,19H,5-6,8-9H2,1H3. The van der Waals surface area contributed by atoms with Crippen molar-refractivity contribution in [1.82, 2.24) is 14.5 Å². The van der Waals surface area contributed by atoms with Crippen LogP contribution in [-0.2, 0) is 26.6 Å². The monoisotopic (exact) mass is 271 g/mol. The van der Waals surface area contributed by atoms with E-state index in [0.29, 0.717) is 18.7 Å². The number of imidazole rings is 1. The summed E-state index contributed by atoms with van der Waals surface area (Å²) in [4.78, 5) is 18.7. The summed E-state index contributed by atoms with van der Waals surface area (Å²) in [5.74, 6) is -0.00315. The molecule has 1 aromatic heterocycles. The zero-order chi connectivity index (χ0) is 14.1. The predicted molar refractivity (Wildman–Crippen MR) is 74.0 cm³/mol. The Morgan fingerprint density at radius 2 is 2.30 bits per heavy atom. The Hall–Kier alpha value is -2.14. The van der Waals surface area contributed by atoms with E-state index in [4.69, 9.17) is 5.11 Å². The Morgan fingerprint density at radius 1 is 1.45 bits per heavy atom. The molecule has 1 aromatic carbocycles. The highest BCUT2D eigenvalue weighted by atomic mass is 16.3. The van der Waals surface area contributed by atoms with E-state index in [1.54, 1.807) is 24.5 Å². The third kappa shape index (κ3) is 2.20. The summed E-state index contributed by atoms with van der Waals surface area (Å²) >= 11 is 0. The largest absolute Gasteiger partial charge is 0.392 e. The summed E-state index contributed by atoms with van der Waals surface area (Å²) in [6, 6.07) is 7.14. The van der Waals surface area contributed by atoms with E-state index in [2.05, 4.69) is 4.98 Å². The van der Waals surface area contributed by atoms with Crippen LogP contribution in [-0.4, -0.2) is 32.0 Å². The molecule has 0 radical (unpaired) electrons. The lowest BCUT2D eigenvalue weighted by atomic mass is 10.1. The van der Waals surface area contributed by atoms with Gasteiger partial charge in [0.1, 0.15) is 0 Å². The first-order valence-electron chi connectivity index (χ1n) is 6.67. The van der Waals surface area contributed by atoms with Crippen LogP contribution < -0.4 is 0 Å². The van der Waals surface area contributed by atoms with Crippen molar-refractivity contribution in [3.8, 4) is 0 Å². The zero-order valence-electron chi connectivity index (χ0n) is 11.4. The lowest BCUT2D eigenvalue weighted by molar-refractivity contribution is 0.0731. The molecule has 2 aromatic rings. The van der Waals surface area contributed by atoms with Gasteiger partial charge in [-0.25, -0.2) is 4.98 Å². The van der Waals surface area contributed by atoms with Gasteiger partial charge < -0.3 is 14.6 Å². The highest BCUT2D eigenvalue weighted by Crippen LogP contribution is 2.19. The number of rotatable bonds is 2. The van der Waals surface area contributed by atoms with Gasteiger partial charge in [-0.1, -0.05) is 12.1 Å².